The van der Waals surface area contributed by atoms with Crippen LogP contribution in [-0.4, -0.2) is 31.3 Å². The van der Waals surface area contributed by atoms with Crippen LogP contribution in [-0.2, 0) is 0 Å². The molecule has 1 aromatic carbocycles. The predicted octanol–water partition coefficient (Wildman–Crippen LogP) is 2.61. The molecular weight excluding hydrogens is 280 g/mol. The normalized spacial score (nSPS) is 16.7. The molecule has 1 atom stereocenters. The van der Waals surface area contributed by atoms with Crippen molar-refractivity contribution < 1.29 is 14.6 Å². The molecule has 1 saturated carbocycles. The molecule has 0 aliphatic heterocycles. The van der Waals surface area contributed by atoms with Crippen molar-refractivity contribution in [1.29, 1.82) is 0 Å². The number of ether oxygens (including phenoxy) is 1. The van der Waals surface area contributed by atoms with Crippen molar-refractivity contribution in [2.75, 3.05) is 20.2 Å². The predicted molar refractivity (Wildman–Crippen MR) is 85.9 cm³/mol. The molecule has 0 spiro atoms. The Labute approximate surface area is 132 Å². The third-order valence-corrected chi connectivity index (χ3v) is 4.32. The van der Waals surface area contributed by atoms with Gasteiger partial charge in [0.05, 0.1) is 13.2 Å². The fourth-order valence-electron chi connectivity index (χ4n) is 2.69. The van der Waals surface area contributed by atoms with Gasteiger partial charge in [0, 0.05) is 13.1 Å². The van der Waals surface area contributed by atoms with Crippen molar-refractivity contribution >= 4 is 6.03 Å². The summed E-state index contributed by atoms with van der Waals surface area (Å²) in [5, 5.41) is 15.7. The zero-order chi connectivity index (χ0) is 16.0. The summed E-state index contributed by atoms with van der Waals surface area (Å²) >= 11 is 0. The van der Waals surface area contributed by atoms with Gasteiger partial charge in [-0.2, -0.15) is 0 Å². The molecule has 0 saturated heterocycles. The Balaban J connectivity index is 1.71. The Morgan fingerprint density at radius 1 is 1.32 bits per heavy atom. The molecule has 1 aliphatic carbocycles. The highest BCUT2D eigenvalue weighted by Gasteiger charge is 2.41. The van der Waals surface area contributed by atoms with Gasteiger partial charge in [0.1, 0.15) is 5.75 Å². The molecule has 2 rings (SSSR count). The van der Waals surface area contributed by atoms with Crippen molar-refractivity contribution in [2.45, 2.75) is 38.7 Å². The van der Waals surface area contributed by atoms with Gasteiger partial charge in [-0.3, -0.25) is 0 Å². The Bertz CT molecular complexity index is 483. The van der Waals surface area contributed by atoms with E-state index in [4.69, 9.17) is 4.74 Å². The lowest BCUT2D eigenvalue weighted by Crippen LogP contribution is -2.40. The maximum Gasteiger partial charge on any atom is 0.314 e. The van der Waals surface area contributed by atoms with E-state index in [9.17, 15) is 9.90 Å². The summed E-state index contributed by atoms with van der Waals surface area (Å²) in [5.74, 6) is 0.743. The summed E-state index contributed by atoms with van der Waals surface area (Å²) in [7, 11) is 1.60. The molecular formula is C17H26N2O3. The van der Waals surface area contributed by atoms with E-state index >= 15 is 0 Å². The van der Waals surface area contributed by atoms with Crippen LogP contribution in [0.4, 0.5) is 4.79 Å². The molecule has 1 aromatic rings. The lowest BCUT2D eigenvalue weighted by Gasteiger charge is -2.17. The zero-order valence-electron chi connectivity index (χ0n) is 13.4. The number of carbonyl (C=O) groups excluding carboxylic acids is 1. The number of hydrogen-bond acceptors (Lipinski definition) is 3. The Morgan fingerprint density at radius 3 is 2.55 bits per heavy atom. The molecule has 0 aromatic heterocycles. The van der Waals surface area contributed by atoms with Crippen molar-refractivity contribution in [3.05, 3.63) is 29.8 Å². The Morgan fingerprint density at radius 2 is 2.00 bits per heavy atom. The topological polar surface area (TPSA) is 70.6 Å². The summed E-state index contributed by atoms with van der Waals surface area (Å²) in [6.07, 6.45) is 4.01. The molecule has 0 radical (unpaired) electrons. The Hall–Kier alpha value is -1.75. The molecule has 5 nitrogen and oxygen atoms in total. The number of rotatable bonds is 8. The first-order valence-electron chi connectivity index (χ1n) is 7.92. The molecule has 3 N–H and O–H groups in total. The molecule has 0 bridgehead atoms. The SMILES string of the molecule is CCCC1(CNC(=O)NCC(O)c2ccc(OC)cc2)CC1. The van der Waals surface area contributed by atoms with Crippen molar-refractivity contribution in [1.82, 2.24) is 10.6 Å². The highest BCUT2D eigenvalue weighted by Crippen LogP contribution is 2.48. The maximum atomic E-state index is 11.8. The first-order chi connectivity index (χ1) is 10.6. The summed E-state index contributed by atoms with van der Waals surface area (Å²) in [6.45, 7) is 3.09. The number of methoxy groups -OCH3 is 1. The van der Waals surface area contributed by atoms with Gasteiger partial charge in [-0.25, -0.2) is 4.79 Å². The fourth-order valence-corrected chi connectivity index (χ4v) is 2.69. The van der Waals surface area contributed by atoms with Crippen LogP contribution in [0.25, 0.3) is 0 Å². The molecule has 1 unspecified atom stereocenters. The summed E-state index contributed by atoms with van der Waals surface area (Å²) < 4.78 is 5.08. The van der Waals surface area contributed by atoms with Crippen LogP contribution >= 0.6 is 0 Å². The van der Waals surface area contributed by atoms with Crippen LogP contribution in [0.3, 0.4) is 0 Å². The second-order valence-electron chi connectivity index (χ2n) is 6.10. The van der Waals surface area contributed by atoms with Crippen LogP contribution in [0.15, 0.2) is 24.3 Å². The molecule has 22 heavy (non-hydrogen) atoms. The van der Waals surface area contributed by atoms with E-state index in [1.807, 2.05) is 0 Å². The largest absolute Gasteiger partial charge is 0.497 e. The highest BCUT2D eigenvalue weighted by atomic mass is 16.5. The van der Waals surface area contributed by atoms with Crippen molar-refractivity contribution in [3.63, 3.8) is 0 Å². The first kappa shape index (κ1) is 16.6. The number of aliphatic hydroxyl groups is 1. The maximum absolute atomic E-state index is 11.8. The zero-order valence-corrected chi connectivity index (χ0v) is 13.4. The van der Waals surface area contributed by atoms with Crippen LogP contribution in [0.5, 0.6) is 5.75 Å². The van der Waals surface area contributed by atoms with Crippen LogP contribution in [0, 0.1) is 5.41 Å². The van der Waals surface area contributed by atoms with Gasteiger partial charge in [0.15, 0.2) is 0 Å². The summed E-state index contributed by atoms with van der Waals surface area (Å²) in [4.78, 5) is 11.8. The average Bonchev–Trinajstić information content (AvgIpc) is 3.31. The lowest BCUT2D eigenvalue weighted by atomic mass is 10.0. The number of aliphatic hydroxyl groups excluding tert-OH is 1. The van der Waals surface area contributed by atoms with Crippen molar-refractivity contribution in [2.24, 2.45) is 5.41 Å². The second kappa shape index (κ2) is 7.49. The molecule has 1 fully saturated rings. The van der Waals surface area contributed by atoms with E-state index in [-0.39, 0.29) is 12.6 Å². The van der Waals surface area contributed by atoms with Gasteiger partial charge in [-0.05, 0) is 42.4 Å². The standard InChI is InChI=1S/C17H26N2O3/c1-3-8-17(9-10-17)12-19-16(21)18-11-15(20)13-4-6-14(22-2)7-5-13/h4-7,15,20H,3,8-12H2,1-2H3,(H2,18,19,21). The number of benzene rings is 1. The highest BCUT2D eigenvalue weighted by molar-refractivity contribution is 5.73. The number of hydrogen-bond donors (Lipinski definition) is 3. The minimum absolute atomic E-state index is 0.193. The van der Waals surface area contributed by atoms with Crippen LogP contribution in [0.2, 0.25) is 0 Å². The van der Waals surface area contributed by atoms with Gasteiger partial charge in [0.2, 0.25) is 0 Å². The lowest BCUT2D eigenvalue weighted by molar-refractivity contribution is 0.172. The number of urea groups is 1. The molecule has 2 amide bonds. The number of nitrogens with one attached hydrogen (secondary N) is 2. The minimum atomic E-state index is -0.720. The third kappa shape index (κ3) is 4.63. The van der Waals surface area contributed by atoms with E-state index in [0.717, 1.165) is 24.3 Å². The summed E-state index contributed by atoms with van der Waals surface area (Å²) in [6, 6.07) is 6.96. The second-order valence-corrected chi connectivity index (χ2v) is 6.10. The van der Waals surface area contributed by atoms with E-state index in [2.05, 4.69) is 17.6 Å². The van der Waals surface area contributed by atoms with Gasteiger partial charge in [-0.15, -0.1) is 0 Å². The van der Waals surface area contributed by atoms with E-state index in [1.165, 1.54) is 19.3 Å². The molecule has 122 valence electrons. The van der Waals surface area contributed by atoms with Gasteiger partial charge in [-0.1, -0.05) is 25.5 Å². The number of carbonyl (C=O) groups is 1. The minimum Gasteiger partial charge on any atom is -0.497 e. The molecule has 0 heterocycles. The monoisotopic (exact) mass is 306 g/mol. The third-order valence-electron chi connectivity index (χ3n) is 4.32. The van der Waals surface area contributed by atoms with E-state index < -0.39 is 6.10 Å². The van der Waals surface area contributed by atoms with Gasteiger partial charge < -0.3 is 20.5 Å². The van der Waals surface area contributed by atoms with Crippen LogP contribution in [0.1, 0.15) is 44.3 Å². The Kier molecular flexibility index (Phi) is 5.66. The van der Waals surface area contributed by atoms with E-state index in [1.54, 1.807) is 31.4 Å². The van der Waals surface area contributed by atoms with E-state index in [0.29, 0.717) is 5.41 Å². The average molecular weight is 306 g/mol. The molecule has 5 heteroatoms. The quantitative estimate of drug-likeness (QED) is 0.691. The fraction of sp³-hybridized carbons (Fsp3) is 0.588. The number of amides is 2. The summed E-state index contributed by atoms with van der Waals surface area (Å²) in [5.41, 5.74) is 1.09. The van der Waals surface area contributed by atoms with Crippen LogP contribution < -0.4 is 15.4 Å². The first-order valence-corrected chi connectivity index (χ1v) is 7.92. The smallest absolute Gasteiger partial charge is 0.314 e. The van der Waals surface area contributed by atoms with Crippen molar-refractivity contribution in [3.8, 4) is 5.75 Å². The van der Waals surface area contributed by atoms with Gasteiger partial charge >= 0.3 is 6.03 Å². The molecule has 1 aliphatic rings. The van der Waals surface area contributed by atoms with Gasteiger partial charge in [0.25, 0.3) is 0 Å².